The van der Waals surface area contributed by atoms with Crippen molar-refractivity contribution in [2.45, 2.75) is 39.9 Å². The van der Waals surface area contributed by atoms with Gasteiger partial charge < -0.3 is 20.3 Å². The number of rotatable bonds is 7. The van der Waals surface area contributed by atoms with Crippen molar-refractivity contribution in [2.24, 2.45) is 5.92 Å². The van der Waals surface area contributed by atoms with Gasteiger partial charge in [-0.05, 0) is 24.5 Å². The van der Waals surface area contributed by atoms with E-state index in [2.05, 4.69) is 39.5 Å². The van der Waals surface area contributed by atoms with Crippen LogP contribution >= 0.6 is 0 Å². The van der Waals surface area contributed by atoms with E-state index in [-0.39, 0.29) is 17.9 Å². The minimum atomic E-state index is -0.206. The molecule has 0 saturated heterocycles. The Labute approximate surface area is 187 Å². The number of ether oxygens (including phenoxy) is 1. The second kappa shape index (κ2) is 8.86. The molecule has 2 N–H and O–H groups in total. The molecule has 1 aliphatic rings. The quantitative estimate of drug-likeness (QED) is 0.589. The van der Waals surface area contributed by atoms with Crippen molar-refractivity contribution in [3.05, 3.63) is 53.6 Å². The van der Waals surface area contributed by atoms with Gasteiger partial charge in [-0.25, -0.2) is 9.97 Å². The number of nitrogens with one attached hydrogen (secondary N) is 2. The Morgan fingerprint density at radius 3 is 2.84 bits per heavy atom. The highest BCUT2D eigenvalue weighted by molar-refractivity contribution is 6.04. The van der Waals surface area contributed by atoms with Gasteiger partial charge in [0.1, 0.15) is 11.9 Å². The number of aryl methyl sites for hydroxylation is 1. The Hall–Kier alpha value is -3.62. The Bertz CT molecular complexity index is 1130. The van der Waals surface area contributed by atoms with Gasteiger partial charge in [0.15, 0.2) is 0 Å². The summed E-state index contributed by atoms with van der Waals surface area (Å²) >= 11 is 0. The van der Waals surface area contributed by atoms with Gasteiger partial charge in [0.2, 0.25) is 11.8 Å². The lowest BCUT2D eigenvalue weighted by atomic mass is 9.98. The van der Waals surface area contributed by atoms with Gasteiger partial charge in [0.05, 0.1) is 36.9 Å². The van der Waals surface area contributed by atoms with Crippen LogP contribution in [0.1, 0.15) is 30.7 Å². The van der Waals surface area contributed by atoms with Crippen molar-refractivity contribution in [3.63, 3.8) is 0 Å². The van der Waals surface area contributed by atoms with Crippen LogP contribution in [-0.4, -0.2) is 45.9 Å². The monoisotopic (exact) mass is 435 g/mol. The van der Waals surface area contributed by atoms with Crippen molar-refractivity contribution >= 4 is 23.1 Å². The van der Waals surface area contributed by atoms with Gasteiger partial charge in [-0.15, -0.1) is 0 Å². The summed E-state index contributed by atoms with van der Waals surface area (Å²) in [6.07, 6.45) is 5.58. The summed E-state index contributed by atoms with van der Waals surface area (Å²) in [6.45, 7) is 7.25. The second-order valence-corrected chi connectivity index (χ2v) is 8.38. The van der Waals surface area contributed by atoms with E-state index in [0.29, 0.717) is 19.0 Å². The number of amides is 1. The number of fused-ring (bicyclic) bond motifs is 1. The summed E-state index contributed by atoms with van der Waals surface area (Å²) in [5.41, 5.74) is 4.65. The molecule has 0 aromatic carbocycles. The summed E-state index contributed by atoms with van der Waals surface area (Å²) in [6, 6.07) is 5.63. The largest absolute Gasteiger partial charge is 0.481 e. The van der Waals surface area contributed by atoms with Crippen LogP contribution in [0.2, 0.25) is 0 Å². The summed E-state index contributed by atoms with van der Waals surface area (Å²) in [5.74, 6) is 1.56. The van der Waals surface area contributed by atoms with Gasteiger partial charge in [-0.2, -0.15) is 5.10 Å². The predicted octanol–water partition coefficient (Wildman–Crippen LogP) is 3.06. The molecule has 0 radical (unpaired) electrons. The van der Waals surface area contributed by atoms with E-state index in [1.165, 1.54) is 0 Å². The van der Waals surface area contributed by atoms with Crippen LogP contribution in [0.15, 0.2) is 36.8 Å². The highest BCUT2D eigenvalue weighted by Gasteiger charge is 2.34. The molecule has 1 aliphatic heterocycles. The van der Waals surface area contributed by atoms with E-state index in [4.69, 9.17) is 4.74 Å². The van der Waals surface area contributed by atoms with Crippen LogP contribution in [-0.2, 0) is 17.9 Å². The lowest BCUT2D eigenvalue weighted by Gasteiger charge is -2.38. The van der Waals surface area contributed by atoms with E-state index < -0.39 is 0 Å². The van der Waals surface area contributed by atoms with E-state index >= 15 is 0 Å². The third kappa shape index (κ3) is 4.37. The molecule has 0 aliphatic carbocycles. The number of hydrogen-bond donors (Lipinski definition) is 2. The number of aromatic nitrogens is 4. The number of methoxy groups -OCH3 is 1. The SMILES string of the molecule is COc1cc(Cn2cc(CNc3cc4c(c(C)n3)NC(=O)C(C(C)C)N4C)cn2)ccn1. The molecule has 168 valence electrons. The molecule has 4 heterocycles. The number of pyridine rings is 2. The fourth-order valence-electron chi connectivity index (χ4n) is 4.08. The van der Waals surface area contributed by atoms with Crippen molar-refractivity contribution in [3.8, 4) is 5.88 Å². The third-order valence-corrected chi connectivity index (χ3v) is 5.64. The average molecular weight is 436 g/mol. The Balaban J connectivity index is 1.46. The van der Waals surface area contributed by atoms with Crippen molar-refractivity contribution in [2.75, 3.05) is 29.7 Å². The maximum Gasteiger partial charge on any atom is 0.247 e. The molecule has 9 heteroatoms. The summed E-state index contributed by atoms with van der Waals surface area (Å²) in [4.78, 5) is 23.3. The van der Waals surface area contributed by atoms with Crippen LogP contribution < -0.4 is 20.3 Å². The molecule has 0 bridgehead atoms. The maximum atomic E-state index is 12.5. The molecule has 1 amide bonds. The van der Waals surface area contributed by atoms with E-state index in [1.54, 1.807) is 13.3 Å². The summed E-state index contributed by atoms with van der Waals surface area (Å²) in [5, 5.41) is 10.9. The zero-order valence-electron chi connectivity index (χ0n) is 19.1. The molecule has 9 nitrogen and oxygen atoms in total. The lowest BCUT2D eigenvalue weighted by Crippen LogP contribution is -2.49. The number of likely N-dealkylation sites (N-methyl/N-ethyl adjacent to an activating group) is 1. The average Bonchev–Trinajstić information content (AvgIpc) is 3.20. The molecule has 3 aromatic heterocycles. The van der Waals surface area contributed by atoms with Gasteiger partial charge in [0.25, 0.3) is 0 Å². The lowest BCUT2D eigenvalue weighted by molar-refractivity contribution is -0.118. The number of hydrogen-bond acceptors (Lipinski definition) is 7. The van der Waals surface area contributed by atoms with Crippen molar-refractivity contribution in [1.29, 1.82) is 0 Å². The minimum absolute atomic E-state index is 0.0137. The number of anilines is 3. The van der Waals surface area contributed by atoms with Gasteiger partial charge in [-0.3, -0.25) is 9.48 Å². The second-order valence-electron chi connectivity index (χ2n) is 8.38. The Kier molecular flexibility index (Phi) is 5.98. The fraction of sp³-hybridized carbons (Fsp3) is 0.391. The van der Waals surface area contributed by atoms with Gasteiger partial charge >= 0.3 is 0 Å². The number of carbonyl (C=O) groups is 1. The zero-order chi connectivity index (χ0) is 22.8. The first kappa shape index (κ1) is 21.6. The smallest absolute Gasteiger partial charge is 0.247 e. The molecule has 1 unspecified atom stereocenters. The molecule has 3 aromatic rings. The first-order valence-corrected chi connectivity index (χ1v) is 10.6. The maximum absolute atomic E-state index is 12.5. The van der Waals surface area contributed by atoms with Crippen LogP contribution in [0.25, 0.3) is 0 Å². The molecular weight excluding hydrogens is 406 g/mol. The predicted molar refractivity (Wildman–Crippen MR) is 124 cm³/mol. The normalized spacial score (nSPS) is 15.5. The number of nitrogens with zero attached hydrogens (tertiary/aromatic N) is 5. The van der Waals surface area contributed by atoms with Crippen LogP contribution in [0.3, 0.4) is 0 Å². The molecule has 0 spiro atoms. The molecule has 4 rings (SSSR count). The Morgan fingerprint density at radius 2 is 2.09 bits per heavy atom. The zero-order valence-corrected chi connectivity index (χ0v) is 19.1. The molecule has 32 heavy (non-hydrogen) atoms. The molecule has 0 fully saturated rings. The van der Waals surface area contributed by atoms with Gasteiger partial charge in [-0.1, -0.05) is 13.8 Å². The molecular formula is C23H29N7O2. The van der Waals surface area contributed by atoms with Crippen LogP contribution in [0.5, 0.6) is 5.88 Å². The standard InChI is InChI=1S/C23H29N7O2/c1-14(2)22-23(31)28-21-15(3)27-19(9-18(21)29(22)4)25-10-17-11-26-30(13-17)12-16-6-7-24-20(8-16)32-5/h6-9,11,13-14,22H,10,12H2,1-5H3,(H,25,27)(H,28,31). The number of carbonyl (C=O) groups excluding carboxylic acids is 1. The van der Waals surface area contributed by atoms with Crippen LogP contribution in [0, 0.1) is 12.8 Å². The van der Waals surface area contributed by atoms with Crippen LogP contribution in [0.4, 0.5) is 17.2 Å². The molecule has 1 atom stereocenters. The van der Waals surface area contributed by atoms with Crippen molar-refractivity contribution in [1.82, 2.24) is 19.7 Å². The summed E-state index contributed by atoms with van der Waals surface area (Å²) < 4.78 is 7.07. The third-order valence-electron chi connectivity index (χ3n) is 5.64. The highest BCUT2D eigenvalue weighted by Crippen LogP contribution is 2.36. The highest BCUT2D eigenvalue weighted by atomic mass is 16.5. The fourth-order valence-corrected chi connectivity index (χ4v) is 4.08. The topological polar surface area (TPSA) is 97.2 Å². The van der Waals surface area contributed by atoms with E-state index in [9.17, 15) is 4.79 Å². The first-order chi connectivity index (χ1) is 15.4. The summed E-state index contributed by atoms with van der Waals surface area (Å²) in [7, 11) is 3.57. The van der Waals surface area contributed by atoms with Crippen molar-refractivity contribution < 1.29 is 9.53 Å². The first-order valence-electron chi connectivity index (χ1n) is 10.6. The van der Waals surface area contributed by atoms with Gasteiger partial charge in [0, 0.05) is 43.7 Å². The van der Waals surface area contributed by atoms with E-state index in [0.717, 1.165) is 34.0 Å². The molecule has 0 saturated carbocycles. The minimum Gasteiger partial charge on any atom is -0.481 e. The Morgan fingerprint density at radius 1 is 1.28 bits per heavy atom. The van der Waals surface area contributed by atoms with E-state index in [1.807, 2.05) is 54.1 Å².